The molecular formula is C14H17NO2. The molecule has 0 saturated heterocycles. The lowest BCUT2D eigenvalue weighted by Gasteiger charge is -2.02. The van der Waals surface area contributed by atoms with E-state index in [4.69, 9.17) is 4.74 Å². The summed E-state index contributed by atoms with van der Waals surface area (Å²) in [6.45, 7) is 2.62. The molecule has 0 aromatic heterocycles. The van der Waals surface area contributed by atoms with Gasteiger partial charge < -0.3 is 10.1 Å². The van der Waals surface area contributed by atoms with Gasteiger partial charge in [0.1, 0.15) is 5.75 Å². The molecule has 1 aliphatic rings. The molecule has 1 saturated carbocycles. The highest BCUT2D eigenvalue weighted by atomic mass is 16.5. The molecule has 0 bridgehead atoms. The summed E-state index contributed by atoms with van der Waals surface area (Å²) >= 11 is 0. The van der Waals surface area contributed by atoms with Crippen LogP contribution in [0.5, 0.6) is 5.75 Å². The molecule has 17 heavy (non-hydrogen) atoms. The zero-order valence-electron chi connectivity index (χ0n) is 9.98. The lowest BCUT2D eigenvalue weighted by atomic mass is 10.2. The van der Waals surface area contributed by atoms with Crippen LogP contribution in [0.25, 0.3) is 6.08 Å². The van der Waals surface area contributed by atoms with Gasteiger partial charge in [0.05, 0.1) is 6.61 Å². The Labute approximate surface area is 101 Å². The SMILES string of the molecule is CCOc1ccc(/C=C\C(=O)NC2CC2)cc1. The molecule has 3 heteroatoms. The second kappa shape index (κ2) is 5.53. The summed E-state index contributed by atoms with van der Waals surface area (Å²) in [4.78, 5) is 11.4. The molecule has 1 aliphatic carbocycles. The van der Waals surface area contributed by atoms with Crippen LogP contribution < -0.4 is 10.1 Å². The van der Waals surface area contributed by atoms with Crippen molar-refractivity contribution in [2.24, 2.45) is 0 Å². The predicted octanol–water partition coefficient (Wildman–Crippen LogP) is 2.38. The summed E-state index contributed by atoms with van der Waals surface area (Å²) in [7, 11) is 0. The maximum atomic E-state index is 11.4. The van der Waals surface area contributed by atoms with Gasteiger partial charge in [-0.2, -0.15) is 0 Å². The number of carbonyl (C=O) groups excluding carboxylic acids is 1. The number of hydrogen-bond donors (Lipinski definition) is 1. The van der Waals surface area contributed by atoms with Crippen LogP contribution in [0, 0.1) is 0 Å². The Morgan fingerprint density at radius 2 is 2.12 bits per heavy atom. The molecular weight excluding hydrogens is 214 g/mol. The first-order valence-electron chi connectivity index (χ1n) is 5.99. The van der Waals surface area contributed by atoms with Crippen molar-refractivity contribution in [1.29, 1.82) is 0 Å². The average molecular weight is 231 g/mol. The lowest BCUT2D eigenvalue weighted by molar-refractivity contribution is -0.116. The molecule has 0 spiro atoms. The monoisotopic (exact) mass is 231 g/mol. The van der Waals surface area contributed by atoms with Crippen molar-refractivity contribution in [2.75, 3.05) is 6.61 Å². The third-order valence-electron chi connectivity index (χ3n) is 2.54. The van der Waals surface area contributed by atoms with E-state index in [-0.39, 0.29) is 5.91 Å². The first kappa shape index (κ1) is 11.7. The van der Waals surface area contributed by atoms with Crippen molar-refractivity contribution in [3.63, 3.8) is 0 Å². The van der Waals surface area contributed by atoms with Gasteiger partial charge in [0, 0.05) is 12.1 Å². The zero-order chi connectivity index (χ0) is 12.1. The van der Waals surface area contributed by atoms with E-state index in [1.807, 2.05) is 37.3 Å². The smallest absolute Gasteiger partial charge is 0.244 e. The molecule has 0 unspecified atom stereocenters. The lowest BCUT2D eigenvalue weighted by Crippen LogP contribution is -2.22. The number of rotatable bonds is 5. The summed E-state index contributed by atoms with van der Waals surface area (Å²) < 4.78 is 5.34. The topological polar surface area (TPSA) is 38.3 Å². The van der Waals surface area contributed by atoms with Crippen LogP contribution in [-0.2, 0) is 4.79 Å². The van der Waals surface area contributed by atoms with Gasteiger partial charge in [-0.15, -0.1) is 0 Å². The molecule has 1 aromatic carbocycles. The molecule has 1 amide bonds. The summed E-state index contributed by atoms with van der Waals surface area (Å²) in [5.41, 5.74) is 0.999. The van der Waals surface area contributed by atoms with Gasteiger partial charge in [-0.3, -0.25) is 4.79 Å². The Hall–Kier alpha value is -1.77. The first-order valence-corrected chi connectivity index (χ1v) is 5.99. The first-order chi connectivity index (χ1) is 8.28. The van der Waals surface area contributed by atoms with E-state index in [9.17, 15) is 4.79 Å². The molecule has 0 heterocycles. The summed E-state index contributed by atoms with van der Waals surface area (Å²) in [5.74, 6) is 0.841. The van der Waals surface area contributed by atoms with Crippen LogP contribution in [0.1, 0.15) is 25.3 Å². The van der Waals surface area contributed by atoms with Crippen LogP contribution in [0.2, 0.25) is 0 Å². The third kappa shape index (κ3) is 3.94. The molecule has 0 atom stereocenters. The van der Waals surface area contributed by atoms with E-state index in [2.05, 4.69) is 5.32 Å². The van der Waals surface area contributed by atoms with Gasteiger partial charge in [-0.05, 0) is 43.5 Å². The number of ether oxygens (including phenoxy) is 1. The molecule has 1 aromatic rings. The van der Waals surface area contributed by atoms with Gasteiger partial charge in [0.25, 0.3) is 0 Å². The largest absolute Gasteiger partial charge is 0.494 e. The van der Waals surface area contributed by atoms with Crippen LogP contribution in [-0.4, -0.2) is 18.6 Å². The Morgan fingerprint density at radius 3 is 2.71 bits per heavy atom. The van der Waals surface area contributed by atoms with Gasteiger partial charge >= 0.3 is 0 Å². The Kier molecular flexibility index (Phi) is 3.81. The van der Waals surface area contributed by atoms with Crippen LogP contribution in [0.3, 0.4) is 0 Å². The van der Waals surface area contributed by atoms with Crippen LogP contribution in [0.15, 0.2) is 30.3 Å². The maximum absolute atomic E-state index is 11.4. The number of benzene rings is 1. The molecule has 0 aliphatic heterocycles. The van der Waals surface area contributed by atoms with E-state index in [0.717, 1.165) is 24.2 Å². The molecule has 1 fully saturated rings. The van der Waals surface area contributed by atoms with Crippen molar-refractivity contribution in [3.8, 4) is 5.75 Å². The van der Waals surface area contributed by atoms with E-state index in [0.29, 0.717) is 12.6 Å². The Bertz CT molecular complexity index is 405. The maximum Gasteiger partial charge on any atom is 0.244 e. The van der Waals surface area contributed by atoms with E-state index in [1.54, 1.807) is 6.08 Å². The van der Waals surface area contributed by atoms with Crippen LogP contribution in [0.4, 0.5) is 0 Å². The van der Waals surface area contributed by atoms with Crippen LogP contribution >= 0.6 is 0 Å². The molecule has 2 rings (SSSR count). The fourth-order valence-electron chi connectivity index (χ4n) is 1.49. The number of amides is 1. The number of nitrogens with one attached hydrogen (secondary N) is 1. The second-order valence-electron chi connectivity index (χ2n) is 4.12. The van der Waals surface area contributed by atoms with Crippen molar-refractivity contribution in [3.05, 3.63) is 35.9 Å². The average Bonchev–Trinajstić information content (AvgIpc) is 3.12. The Balaban J connectivity index is 1.88. The van der Waals surface area contributed by atoms with E-state index < -0.39 is 0 Å². The van der Waals surface area contributed by atoms with Crippen molar-refractivity contribution >= 4 is 12.0 Å². The number of carbonyl (C=O) groups is 1. The zero-order valence-corrected chi connectivity index (χ0v) is 9.98. The fourth-order valence-corrected chi connectivity index (χ4v) is 1.49. The minimum Gasteiger partial charge on any atom is -0.494 e. The van der Waals surface area contributed by atoms with Crippen molar-refractivity contribution in [2.45, 2.75) is 25.8 Å². The summed E-state index contributed by atoms with van der Waals surface area (Å²) in [6.07, 6.45) is 5.62. The van der Waals surface area contributed by atoms with Gasteiger partial charge in [-0.25, -0.2) is 0 Å². The molecule has 3 nitrogen and oxygen atoms in total. The highest BCUT2D eigenvalue weighted by Crippen LogP contribution is 2.18. The second-order valence-corrected chi connectivity index (χ2v) is 4.12. The summed E-state index contributed by atoms with van der Waals surface area (Å²) in [6, 6.07) is 8.09. The molecule has 0 radical (unpaired) electrons. The summed E-state index contributed by atoms with van der Waals surface area (Å²) in [5, 5.41) is 2.91. The molecule has 90 valence electrons. The van der Waals surface area contributed by atoms with Crippen molar-refractivity contribution < 1.29 is 9.53 Å². The molecule has 1 N–H and O–H groups in total. The third-order valence-corrected chi connectivity index (χ3v) is 2.54. The normalized spacial score (nSPS) is 14.9. The standard InChI is InChI=1S/C14H17NO2/c1-2-17-13-8-3-11(4-9-13)5-10-14(16)15-12-6-7-12/h3-5,8-10,12H,2,6-7H2,1H3,(H,15,16)/b10-5-. The van der Waals surface area contributed by atoms with E-state index in [1.165, 1.54) is 0 Å². The highest BCUT2D eigenvalue weighted by Gasteiger charge is 2.21. The fraction of sp³-hybridized carbons (Fsp3) is 0.357. The Morgan fingerprint density at radius 1 is 1.41 bits per heavy atom. The minimum atomic E-state index is -0.0126. The van der Waals surface area contributed by atoms with E-state index >= 15 is 0 Å². The predicted molar refractivity (Wildman–Crippen MR) is 67.8 cm³/mol. The van der Waals surface area contributed by atoms with Crippen molar-refractivity contribution in [1.82, 2.24) is 5.32 Å². The van der Waals surface area contributed by atoms with Gasteiger partial charge in [-0.1, -0.05) is 12.1 Å². The highest BCUT2D eigenvalue weighted by molar-refractivity contribution is 5.92. The quantitative estimate of drug-likeness (QED) is 0.790. The minimum absolute atomic E-state index is 0.0126. The van der Waals surface area contributed by atoms with Gasteiger partial charge in [0.15, 0.2) is 0 Å². The number of hydrogen-bond acceptors (Lipinski definition) is 2. The van der Waals surface area contributed by atoms with Gasteiger partial charge in [0.2, 0.25) is 5.91 Å².